The van der Waals surface area contributed by atoms with Crippen molar-refractivity contribution in [2.75, 3.05) is 34.4 Å². The molecule has 1 atom stereocenters. The first kappa shape index (κ1) is 23.5. The zero-order chi connectivity index (χ0) is 24.1. The summed E-state index contributed by atoms with van der Waals surface area (Å²) in [6, 6.07) is 13.2. The molecule has 0 aliphatic carbocycles. The number of carbonyl (C=O) groups excluding carboxylic acids is 1. The van der Waals surface area contributed by atoms with Crippen molar-refractivity contribution in [2.24, 2.45) is 11.7 Å². The lowest BCUT2D eigenvalue weighted by atomic mass is 9.93. The predicted molar refractivity (Wildman–Crippen MR) is 125 cm³/mol. The summed E-state index contributed by atoms with van der Waals surface area (Å²) in [5.41, 5.74) is 7.50. The van der Waals surface area contributed by atoms with Crippen molar-refractivity contribution >= 4 is 5.91 Å². The van der Waals surface area contributed by atoms with Gasteiger partial charge in [-0.15, -0.1) is 5.10 Å². The SMILES string of the molecule is COc1ccc(Cn2nnnc2C(c2cc(OC)ccc2OC)N2CCC(C(N)=O)CC2)cc1. The molecule has 1 aliphatic heterocycles. The van der Waals surface area contributed by atoms with E-state index >= 15 is 0 Å². The fourth-order valence-corrected chi connectivity index (χ4v) is 4.42. The quantitative estimate of drug-likeness (QED) is 0.509. The normalized spacial score (nSPS) is 15.6. The standard InChI is InChI=1S/C24H30N6O4/c1-32-18-6-4-16(5-7-18)15-30-24(26-27-28-30)22(29-12-10-17(11-13-29)23(25)31)20-14-19(33-2)8-9-21(20)34-3/h4-9,14,17,22H,10-13,15H2,1-3H3,(H2,25,31). The average Bonchev–Trinajstić information content (AvgIpc) is 3.32. The molecule has 1 aliphatic rings. The second-order valence-corrected chi connectivity index (χ2v) is 8.27. The number of likely N-dealkylation sites (tertiary alicyclic amines) is 1. The summed E-state index contributed by atoms with van der Waals surface area (Å²) in [7, 11) is 4.91. The second-order valence-electron chi connectivity index (χ2n) is 8.27. The molecule has 1 unspecified atom stereocenters. The van der Waals surface area contributed by atoms with Gasteiger partial charge in [0.2, 0.25) is 5.91 Å². The Balaban J connectivity index is 1.72. The Hall–Kier alpha value is -3.66. The lowest BCUT2D eigenvalue weighted by Gasteiger charge is -2.36. The van der Waals surface area contributed by atoms with Gasteiger partial charge >= 0.3 is 0 Å². The van der Waals surface area contributed by atoms with Gasteiger partial charge < -0.3 is 19.9 Å². The fourth-order valence-electron chi connectivity index (χ4n) is 4.42. The Morgan fingerprint density at radius 1 is 1.03 bits per heavy atom. The van der Waals surface area contributed by atoms with E-state index in [4.69, 9.17) is 19.9 Å². The van der Waals surface area contributed by atoms with Crippen LogP contribution in [0.5, 0.6) is 17.2 Å². The number of tetrazole rings is 1. The maximum absolute atomic E-state index is 11.7. The summed E-state index contributed by atoms with van der Waals surface area (Å²) in [6.07, 6.45) is 1.36. The highest BCUT2D eigenvalue weighted by atomic mass is 16.5. The van der Waals surface area contributed by atoms with Gasteiger partial charge in [-0.2, -0.15) is 0 Å². The van der Waals surface area contributed by atoms with E-state index in [1.807, 2.05) is 42.5 Å². The number of nitrogens with two attached hydrogens (primary N) is 1. The van der Waals surface area contributed by atoms with Crippen molar-refractivity contribution in [2.45, 2.75) is 25.4 Å². The molecule has 0 saturated carbocycles. The van der Waals surface area contributed by atoms with Gasteiger partial charge in [0.05, 0.1) is 27.9 Å². The number of carbonyl (C=O) groups is 1. The van der Waals surface area contributed by atoms with Crippen molar-refractivity contribution in [3.8, 4) is 17.2 Å². The number of amides is 1. The number of ether oxygens (including phenoxy) is 3. The topological polar surface area (TPSA) is 118 Å². The Morgan fingerprint density at radius 2 is 1.71 bits per heavy atom. The van der Waals surface area contributed by atoms with E-state index in [0.717, 1.165) is 16.9 Å². The number of rotatable bonds is 9. The van der Waals surface area contributed by atoms with E-state index in [2.05, 4.69) is 20.4 Å². The fraction of sp³-hybridized carbons (Fsp3) is 0.417. The van der Waals surface area contributed by atoms with Gasteiger partial charge in [-0.3, -0.25) is 9.69 Å². The molecule has 1 amide bonds. The van der Waals surface area contributed by atoms with Crippen LogP contribution >= 0.6 is 0 Å². The van der Waals surface area contributed by atoms with Gasteiger partial charge in [0.1, 0.15) is 23.3 Å². The van der Waals surface area contributed by atoms with Gasteiger partial charge in [-0.05, 0) is 72.3 Å². The second kappa shape index (κ2) is 10.5. The van der Waals surface area contributed by atoms with Crippen LogP contribution in [0.2, 0.25) is 0 Å². The lowest BCUT2D eigenvalue weighted by Crippen LogP contribution is -2.41. The van der Waals surface area contributed by atoms with Crippen molar-refractivity contribution < 1.29 is 19.0 Å². The van der Waals surface area contributed by atoms with Crippen LogP contribution in [0.25, 0.3) is 0 Å². The molecule has 0 radical (unpaired) electrons. The summed E-state index contributed by atoms with van der Waals surface area (Å²) >= 11 is 0. The molecule has 10 heteroatoms. The summed E-state index contributed by atoms with van der Waals surface area (Å²) in [4.78, 5) is 14.0. The highest BCUT2D eigenvalue weighted by molar-refractivity contribution is 5.76. The van der Waals surface area contributed by atoms with Gasteiger partial charge in [0.25, 0.3) is 0 Å². The van der Waals surface area contributed by atoms with Crippen LogP contribution in [0.15, 0.2) is 42.5 Å². The first-order chi connectivity index (χ1) is 16.5. The molecule has 34 heavy (non-hydrogen) atoms. The number of benzene rings is 2. The van der Waals surface area contributed by atoms with E-state index in [-0.39, 0.29) is 17.9 Å². The molecule has 10 nitrogen and oxygen atoms in total. The number of piperidine rings is 1. The number of primary amides is 1. The van der Waals surface area contributed by atoms with E-state index in [9.17, 15) is 4.79 Å². The third-order valence-electron chi connectivity index (χ3n) is 6.32. The van der Waals surface area contributed by atoms with Crippen LogP contribution in [-0.4, -0.2) is 65.4 Å². The average molecular weight is 467 g/mol. The Labute approximate surface area is 198 Å². The highest BCUT2D eigenvalue weighted by Gasteiger charge is 2.34. The predicted octanol–water partition coefficient (Wildman–Crippen LogP) is 2.03. The molecule has 0 bridgehead atoms. The third kappa shape index (κ3) is 4.96. The number of hydrogen-bond acceptors (Lipinski definition) is 8. The van der Waals surface area contributed by atoms with Crippen molar-refractivity contribution in [3.63, 3.8) is 0 Å². The van der Waals surface area contributed by atoms with Crippen LogP contribution in [0.1, 0.15) is 35.8 Å². The van der Waals surface area contributed by atoms with Gasteiger partial charge in [-0.25, -0.2) is 4.68 Å². The smallest absolute Gasteiger partial charge is 0.220 e. The van der Waals surface area contributed by atoms with Gasteiger partial charge in [0, 0.05) is 11.5 Å². The molecule has 2 aromatic carbocycles. The molecule has 180 valence electrons. The van der Waals surface area contributed by atoms with Crippen LogP contribution < -0.4 is 19.9 Å². The van der Waals surface area contributed by atoms with Gasteiger partial charge in [-0.1, -0.05) is 12.1 Å². The van der Waals surface area contributed by atoms with Gasteiger partial charge in [0.15, 0.2) is 5.82 Å². The number of hydrogen-bond donors (Lipinski definition) is 1. The molecule has 1 fully saturated rings. The first-order valence-electron chi connectivity index (χ1n) is 11.2. The molecular weight excluding hydrogens is 436 g/mol. The lowest BCUT2D eigenvalue weighted by molar-refractivity contribution is -0.123. The van der Waals surface area contributed by atoms with Crippen LogP contribution in [0.4, 0.5) is 0 Å². The minimum absolute atomic E-state index is 0.126. The first-order valence-corrected chi connectivity index (χ1v) is 11.2. The number of aromatic nitrogens is 4. The largest absolute Gasteiger partial charge is 0.497 e. The zero-order valence-electron chi connectivity index (χ0n) is 19.7. The highest BCUT2D eigenvalue weighted by Crippen LogP contribution is 2.38. The van der Waals surface area contributed by atoms with Crippen molar-refractivity contribution in [1.29, 1.82) is 0 Å². The van der Waals surface area contributed by atoms with Crippen LogP contribution in [-0.2, 0) is 11.3 Å². The minimum Gasteiger partial charge on any atom is -0.497 e. The van der Waals surface area contributed by atoms with Crippen molar-refractivity contribution in [3.05, 3.63) is 59.4 Å². The molecule has 3 aromatic rings. The molecule has 1 saturated heterocycles. The Bertz CT molecular complexity index is 1110. The molecular formula is C24H30N6O4. The van der Waals surface area contributed by atoms with E-state index in [1.165, 1.54) is 0 Å². The third-order valence-corrected chi connectivity index (χ3v) is 6.32. The van der Waals surface area contributed by atoms with E-state index in [1.54, 1.807) is 26.0 Å². The molecule has 2 N–H and O–H groups in total. The maximum Gasteiger partial charge on any atom is 0.220 e. The van der Waals surface area contributed by atoms with Crippen molar-refractivity contribution in [1.82, 2.24) is 25.1 Å². The van der Waals surface area contributed by atoms with Crippen LogP contribution in [0, 0.1) is 5.92 Å². The van der Waals surface area contributed by atoms with Crippen LogP contribution in [0.3, 0.4) is 0 Å². The summed E-state index contributed by atoms with van der Waals surface area (Å²) in [6.45, 7) is 1.84. The Kier molecular flexibility index (Phi) is 7.27. The Morgan fingerprint density at radius 3 is 2.32 bits per heavy atom. The maximum atomic E-state index is 11.7. The number of methoxy groups -OCH3 is 3. The van der Waals surface area contributed by atoms with E-state index in [0.29, 0.717) is 49.8 Å². The number of nitrogens with zero attached hydrogens (tertiary/aromatic N) is 5. The summed E-state index contributed by atoms with van der Waals surface area (Å²) < 4.78 is 18.3. The van der Waals surface area contributed by atoms with E-state index < -0.39 is 0 Å². The molecule has 1 aromatic heterocycles. The molecule has 4 rings (SSSR count). The molecule has 0 spiro atoms. The minimum atomic E-state index is -0.299. The summed E-state index contributed by atoms with van der Waals surface area (Å²) in [5.74, 6) is 2.51. The molecule has 2 heterocycles. The zero-order valence-corrected chi connectivity index (χ0v) is 19.7. The summed E-state index contributed by atoms with van der Waals surface area (Å²) in [5, 5.41) is 12.7. The monoisotopic (exact) mass is 466 g/mol.